The molecule has 4 rings (SSSR count). The molecule has 2 aliphatic rings. The van der Waals surface area contributed by atoms with Crippen LogP contribution >= 0.6 is 0 Å². The summed E-state index contributed by atoms with van der Waals surface area (Å²) in [5.74, 6) is 1.14. The highest BCUT2D eigenvalue weighted by molar-refractivity contribution is 6.74. The van der Waals surface area contributed by atoms with E-state index < -0.39 is 8.32 Å². The first-order valence-electron chi connectivity index (χ1n) is 9.22. The minimum atomic E-state index is -1.69. The summed E-state index contributed by atoms with van der Waals surface area (Å²) in [5, 5.41) is 0.265. The Labute approximate surface area is 150 Å². The number of nitrogen functional groups attached to an aromatic ring is 1. The number of anilines is 1. The minimum Gasteiger partial charge on any atom is -0.416 e. The van der Waals surface area contributed by atoms with Crippen molar-refractivity contribution >= 4 is 25.3 Å². The zero-order valence-electron chi connectivity index (χ0n) is 15.9. The number of fused-ring (bicyclic) bond motifs is 2. The van der Waals surface area contributed by atoms with Crippen LogP contribution in [0, 0.1) is 11.3 Å². The number of aromatic nitrogens is 4. The number of hydrogen-bond donors (Lipinski definition) is 1. The maximum Gasteiger partial charge on any atom is 0.192 e. The van der Waals surface area contributed by atoms with Gasteiger partial charge in [0, 0.05) is 12.6 Å². The third-order valence-corrected chi connectivity index (χ3v) is 11.4. The van der Waals surface area contributed by atoms with Crippen LogP contribution in [0.5, 0.6) is 0 Å². The summed E-state index contributed by atoms with van der Waals surface area (Å²) in [7, 11) is -1.69. The molecule has 0 amide bonds. The van der Waals surface area contributed by atoms with Gasteiger partial charge in [-0.3, -0.25) is 0 Å². The van der Waals surface area contributed by atoms with Crippen molar-refractivity contribution < 1.29 is 4.43 Å². The van der Waals surface area contributed by atoms with Crippen molar-refractivity contribution in [3.63, 3.8) is 0 Å². The van der Waals surface area contributed by atoms with E-state index in [-0.39, 0.29) is 5.04 Å². The van der Waals surface area contributed by atoms with Gasteiger partial charge < -0.3 is 14.7 Å². The molecule has 3 atom stereocenters. The molecule has 2 aromatic heterocycles. The lowest BCUT2D eigenvalue weighted by Gasteiger charge is -2.37. The summed E-state index contributed by atoms with van der Waals surface area (Å²) >= 11 is 0. The molecule has 0 saturated heterocycles. The van der Waals surface area contributed by atoms with Gasteiger partial charge in [0.05, 0.1) is 6.33 Å². The Morgan fingerprint density at radius 2 is 2.08 bits per heavy atom. The lowest BCUT2D eigenvalue weighted by atomic mass is 10.1. The van der Waals surface area contributed by atoms with E-state index in [1.165, 1.54) is 25.6 Å². The fourth-order valence-corrected chi connectivity index (χ4v) is 5.15. The normalized spacial score (nSPS) is 29.2. The Kier molecular flexibility index (Phi) is 3.57. The molecule has 0 bridgehead atoms. The molecule has 0 aromatic carbocycles. The quantitative estimate of drug-likeness (QED) is 0.841. The van der Waals surface area contributed by atoms with E-state index in [1.54, 1.807) is 0 Å². The summed E-state index contributed by atoms with van der Waals surface area (Å²) < 4.78 is 8.78. The average Bonchev–Trinajstić information content (AvgIpc) is 2.89. The van der Waals surface area contributed by atoms with Gasteiger partial charge in [-0.2, -0.15) is 0 Å². The van der Waals surface area contributed by atoms with E-state index in [2.05, 4.69) is 53.4 Å². The van der Waals surface area contributed by atoms with Crippen LogP contribution in [-0.2, 0) is 4.43 Å². The molecule has 2 N–H and O–H groups in total. The second kappa shape index (κ2) is 5.27. The first-order valence-corrected chi connectivity index (χ1v) is 12.1. The molecular formula is C18H29N5OSi. The van der Waals surface area contributed by atoms with Crippen LogP contribution in [0.25, 0.3) is 11.2 Å². The molecule has 7 heteroatoms. The monoisotopic (exact) mass is 359 g/mol. The van der Waals surface area contributed by atoms with Gasteiger partial charge >= 0.3 is 0 Å². The van der Waals surface area contributed by atoms with Crippen LogP contribution in [-0.4, -0.2) is 34.4 Å². The SMILES string of the molecule is CC(C)(C)[Si](C)(C)OC[C@]12CCC(n3cnc4c(N)ncnc43)[C@H]1C2. The van der Waals surface area contributed by atoms with Gasteiger partial charge in [0.1, 0.15) is 11.8 Å². The Balaban J connectivity index is 1.51. The summed E-state index contributed by atoms with van der Waals surface area (Å²) in [5.41, 5.74) is 7.89. The van der Waals surface area contributed by atoms with E-state index in [1.807, 2.05) is 6.33 Å². The summed E-state index contributed by atoms with van der Waals surface area (Å²) in [6.07, 6.45) is 7.08. The molecule has 1 unspecified atom stereocenters. The highest BCUT2D eigenvalue weighted by Crippen LogP contribution is 2.68. The molecule has 0 radical (unpaired) electrons. The second-order valence-corrected chi connectivity index (χ2v) is 14.2. The number of nitrogens with zero attached hydrogens (tertiary/aromatic N) is 4. The molecule has 2 fully saturated rings. The van der Waals surface area contributed by atoms with Crippen molar-refractivity contribution in [1.82, 2.24) is 19.5 Å². The molecule has 0 aliphatic heterocycles. The summed E-state index contributed by atoms with van der Waals surface area (Å²) in [6, 6.07) is 0.460. The van der Waals surface area contributed by atoms with Crippen molar-refractivity contribution in [3.8, 4) is 0 Å². The Morgan fingerprint density at radius 3 is 2.76 bits per heavy atom. The molecule has 136 valence electrons. The molecule has 2 aromatic rings. The molecule has 2 heterocycles. The van der Waals surface area contributed by atoms with Gasteiger partial charge in [0.25, 0.3) is 0 Å². The third kappa shape index (κ3) is 2.59. The zero-order chi connectivity index (χ0) is 18.0. The van der Waals surface area contributed by atoms with Crippen LogP contribution in [0.2, 0.25) is 18.1 Å². The van der Waals surface area contributed by atoms with Crippen molar-refractivity contribution in [2.75, 3.05) is 12.3 Å². The fourth-order valence-electron chi connectivity index (χ4n) is 4.07. The van der Waals surface area contributed by atoms with Crippen LogP contribution in [0.15, 0.2) is 12.7 Å². The first kappa shape index (κ1) is 17.0. The van der Waals surface area contributed by atoms with E-state index in [9.17, 15) is 0 Å². The van der Waals surface area contributed by atoms with Gasteiger partial charge in [0.2, 0.25) is 0 Å². The maximum absolute atomic E-state index is 6.56. The summed E-state index contributed by atoms with van der Waals surface area (Å²) in [6.45, 7) is 12.5. The molecule has 2 saturated carbocycles. The summed E-state index contributed by atoms with van der Waals surface area (Å²) in [4.78, 5) is 12.9. The standard InChI is InChI=1S/C18H29N5OSi/c1-17(2,3)25(4,5)24-9-18-7-6-13(12(18)8-18)23-11-22-14-15(19)20-10-21-16(14)23/h10-13H,6-9H2,1-5H3,(H2,19,20,21)/t12-,13?,18-/m1/s1. The number of rotatable bonds is 4. The maximum atomic E-state index is 6.56. The van der Waals surface area contributed by atoms with Crippen LogP contribution in [0.4, 0.5) is 5.82 Å². The van der Waals surface area contributed by atoms with E-state index in [0.717, 1.165) is 17.8 Å². The van der Waals surface area contributed by atoms with Gasteiger partial charge in [-0.15, -0.1) is 0 Å². The largest absolute Gasteiger partial charge is 0.416 e. The smallest absolute Gasteiger partial charge is 0.192 e. The van der Waals surface area contributed by atoms with Crippen molar-refractivity contribution in [2.24, 2.45) is 11.3 Å². The van der Waals surface area contributed by atoms with Crippen LogP contribution in [0.3, 0.4) is 0 Å². The highest BCUT2D eigenvalue weighted by Gasteiger charge is 2.62. The van der Waals surface area contributed by atoms with Crippen LogP contribution < -0.4 is 5.73 Å². The molecular weight excluding hydrogens is 330 g/mol. The number of hydrogen-bond acceptors (Lipinski definition) is 5. The second-order valence-electron chi connectivity index (χ2n) is 9.41. The van der Waals surface area contributed by atoms with Crippen LogP contribution in [0.1, 0.15) is 46.1 Å². The zero-order valence-corrected chi connectivity index (χ0v) is 16.9. The predicted octanol–water partition coefficient (Wildman–Crippen LogP) is 3.77. The van der Waals surface area contributed by atoms with Crippen molar-refractivity contribution in [3.05, 3.63) is 12.7 Å². The fraction of sp³-hybridized carbons (Fsp3) is 0.722. The third-order valence-electron chi connectivity index (χ3n) is 6.93. The Bertz CT molecular complexity index is 811. The van der Waals surface area contributed by atoms with Gasteiger partial charge in [-0.05, 0) is 48.7 Å². The number of imidazole rings is 1. The van der Waals surface area contributed by atoms with Crippen molar-refractivity contribution in [2.45, 2.75) is 64.2 Å². The van der Waals surface area contributed by atoms with E-state index in [0.29, 0.717) is 23.2 Å². The van der Waals surface area contributed by atoms with Crippen molar-refractivity contribution in [1.29, 1.82) is 0 Å². The minimum absolute atomic E-state index is 0.265. The van der Waals surface area contributed by atoms with E-state index in [4.69, 9.17) is 10.2 Å². The lowest BCUT2D eigenvalue weighted by Crippen LogP contribution is -2.42. The predicted molar refractivity (Wildman–Crippen MR) is 102 cm³/mol. The Morgan fingerprint density at radius 1 is 1.32 bits per heavy atom. The molecule has 6 nitrogen and oxygen atoms in total. The average molecular weight is 360 g/mol. The Hall–Kier alpha value is -1.47. The van der Waals surface area contributed by atoms with E-state index >= 15 is 0 Å². The van der Waals surface area contributed by atoms with Gasteiger partial charge in [-0.25, -0.2) is 15.0 Å². The highest BCUT2D eigenvalue weighted by atomic mass is 28.4. The van der Waals surface area contributed by atoms with Gasteiger partial charge in [-0.1, -0.05) is 20.8 Å². The first-order chi connectivity index (χ1) is 11.6. The topological polar surface area (TPSA) is 78.9 Å². The molecule has 2 aliphatic carbocycles. The molecule has 25 heavy (non-hydrogen) atoms. The number of nitrogens with two attached hydrogens (primary N) is 1. The molecule has 0 spiro atoms. The lowest BCUT2D eigenvalue weighted by molar-refractivity contribution is 0.207. The van der Waals surface area contributed by atoms with Gasteiger partial charge in [0.15, 0.2) is 19.8 Å².